The maximum atomic E-state index is 5.56. The Morgan fingerprint density at radius 2 is 2.20 bits per heavy atom. The van der Waals surface area contributed by atoms with E-state index in [1.54, 1.807) is 0 Å². The summed E-state index contributed by atoms with van der Waals surface area (Å²) >= 11 is 0. The highest BCUT2D eigenvalue weighted by atomic mass is 15.2. The van der Waals surface area contributed by atoms with Crippen LogP contribution in [-0.4, -0.2) is 24.7 Å². The molecule has 1 aliphatic rings. The fourth-order valence-corrected chi connectivity index (χ4v) is 1.24. The van der Waals surface area contributed by atoms with Gasteiger partial charge in [0, 0.05) is 13.2 Å². The van der Waals surface area contributed by atoms with E-state index in [1.165, 1.54) is 32.4 Å². The van der Waals surface area contributed by atoms with Gasteiger partial charge in [-0.05, 0) is 31.7 Å². The molecule has 60 valence electrons. The van der Waals surface area contributed by atoms with Crippen LogP contribution in [0.1, 0.15) is 26.2 Å². The minimum Gasteiger partial charge on any atom is -0.318 e. The Morgan fingerprint density at radius 1 is 1.50 bits per heavy atom. The quantitative estimate of drug-likeness (QED) is 0.581. The molecule has 0 aromatic carbocycles. The van der Waals surface area contributed by atoms with Crippen molar-refractivity contribution in [2.75, 3.05) is 19.8 Å². The van der Waals surface area contributed by atoms with Crippen molar-refractivity contribution in [1.29, 1.82) is 0 Å². The maximum Gasteiger partial charge on any atom is 0.0455 e. The summed E-state index contributed by atoms with van der Waals surface area (Å²) in [7, 11) is 0. The van der Waals surface area contributed by atoms with Crippen LogP contribution in [0.5, 0.6) is 0 Å². The van der Waals surface area contributed by atoms with Crippen LogP contribution < -0.4 is 5.73 Å². The van der Waals surface area contributed by atoms with E-state index in [0.29, 0.717) is 0 Å². The van der Waals surface area contributed by atoms with Gasteiger partial charge in [0.1, 0.15) is 0 Å². The third-order valence-electron chi connectivity index (χ3n) is 2.01. The van der Waals surface area contributed by atoms with Crippen LogP contribution in [0.3, 0.4) is 0 Å². The van der Waals surface area contributed by atoms with Gasteiger partial charge in [-0.25, -0.2) is 0 Å². The van der Waals surface area contributed by atoms with Crippen molar-refractivity contribution in [3.63, 3.8) is 0 Å². The van der Waals surface area contributed by atoms with Gasteiger partial charge >= 0.3 is 0 Å². The lowest BCUT2D eigenvalue weighted by molar-refractivity contribution is 0.271. The van der Waals surface area contributed by atoms with Gasteiger partial charge in [-0.15, -0.1) is 0 Å². The second kappa shape index (κ2) is 3.94. The molecule has 0 radical (unpaired) electrons. The van der Waals surface area contributed by atoms with Gasteiger partial charge < -0.3 is 5.73 Å². The van der Waals surface area contributed by atoms with Crippen LogP contribution in [-0.2, 0) is 0 Å². The molecular formula is C8H18N2. The summed E-state index contributed by atoms with van der Waals surface area (Å²) in [5.41, 5.74) is 5.56. The van der Waals surface area contributed by atoms with Gasteiger partial charge in [-0.3, -0.25) is 4.90 Å². The van der Waals surface area contributed by atoms with Crippen LogP contribution >= 0.6 is 0 Å². The number of nitrogens with two attached hydrogens (primary N) is 1. The average Bonchev–Trinajstić information content (AvgIpc) is 2.71. The Balaban J connectivity index is 2.05. The maximum absolute atomic E-state index is 5.56. The molecule has 0 unspecified atom stereocenters. The molecule has 0 bridgehead atoms. The monoisotopic (exact) mass is 142 g/mol. The Kier molecular flexibility index (Phi) is 3.16. The molecule has 1 aliphatic carbocycles. The van der Waals surface area contributed by atoms with E-state index in [9.17, 15) is 0 Å². The number of rotatable bonds is 5. The van der Waals surface area contributed by atoms with E-state index in [-0.39, 0.29) is 0 Å². The van der Waals surface area contributed by atoms with Gasteiger partial charge in [-0.1, -0.05) is 6.92 Å². The predicted molar refractivity (Wildman–Crippen MR) is 43.6 cm³/mol. The Labute approximate surface area is 63.4 Å². The zero-order valence-electron chi connectivity index (χ0n) is 6.84. The van der Waals surface area contributed by atoms with Crippen LogP contribution in [0, 0.1) is 5.92 Å². The second-order valence-electron chi connectivity index (χ2n) is 3.20. The fourth-order valence-electron chi connectivity index (χ4n) is 1.24. The van der Waals surface area contributed by atoms with Gasteiger partial charge in [0.25, 0.3) is 0 Å². The predicted octanol–water partition coefficient (Wildman–Crippen LogP) is 1.02. The largest absolute Gasteiger partial charge is 0.318 e. The van der Waals surface area contributed by atoms with Gasteiger partial charge in [0.05, 0.1) is 0 Å². The highest BCUT2D eigenvalue weighted by molar-refractivity contribution is 4.76. The van der Waals surface area contributed by atoms with Crippen molar-refractivity contribution in [3.8, 4) is 0 Å². The normalized spacial score (nSPS) is 18.3. The van der Waals surface area contributed by atoms with E-state index in [2.05, 4.69) is 11.8 Å². The van der Waals surface area contributed by atoms with Crippen LogP contribution in [0.4, 0.5) is 0 Å². The van der Waals surface area contributed by atoms with E-state index < -0.39 is 0 Å². The summed E-state index contributed by atoms with van der Waals surface area (Å²) in [6.07, 6.45) is 4.09. The lowest BCUT2D eigenvalue weighted by Crippen LogP contribution is -2.32. The van der Waals surface area contributed by atoms with Crippen LogP contribution in [0.15, 0.2) is 0 Å². The van der Waals surface area contributed by atoms with Crippen LogP contribution in [0.25, 0.3) is 0 Å². The zero-order valence-corrected chi connectivity index (χ0v) is 6.84. The van der Waals surface area contributed by atoms with E-state index in [0.717, 1.165) is 12.6 Å². The van der Waals surface area contributed by atoms with Gasteiger partial charge in [0.2, 0.25) is 0 Å². The van der Waals surface area contributed by atoms with E-state index >= 15 is 0 Å². The van der Waals surface area contributed by atoms with Crippen molar-refractivity contribution in [2.24, 2.45) is 11.7 Å². The summed E-state index contributed by atoms with van der Waals surface area (Å²) in [5, 5.41) is 0. The molecule has 0 aliphatic heterocycles. The highest BCUT2D eigenvalue weighted by Gasteiger charge is 2.23. The zero-order chi connectivity index (χ0) is 7.40. The summed E-state index contributed by atoms with van der Waals surface area (Å²) in [5.74, 6) is 0.982. The van der Waals surface area contributed by atoms with Gasteiger partial charge in [0.15, 0.2) is 0 Å². The van der Waals surface area contributed by atoms with Crippen molar-refractivity contribution >= 4 is 0 Å². The fraction of sp³-hybridized carbons (Fsp3) is 1.00. The number of hydrogen-bond donors (Lipinski definition) is 1. The minimum atomic E-state index is 0.740. The molecule has 1 fully saturated rings. The number of hydrogen-bond acceptors (Lipinski definition) is 2. The molecule has 0 heterocycles. The Morgan fingerprint density at radius 3 is 2.60 bits per heavy atom. The molecule has 0 atom stereocenters. The molecule has 0 aromatic heterocycles. The van der Waals surface area contributed by atoms with Crippen LogP contribution in [0.2, 0.25) is 0 Å². The summed E-state index contributed by atoms with van der Waals surface area (Å²) in [6.45, 7) is 5.36. The summed E-state index contributed by atoms with van der Waals surface area (Å²) < 4.78 is 0. The summed E-state index contributed by atoms with van der Waals surface area (Å²) in [4.78, 5) is 2.34. The lowest BCUT2D eigenvalue weighted by atomic mass is 10.3. The number of nitrogens with zero attached hydrogens (tertiary/aromatic N) is 1. The van der Waals surface area contributed by atoms with Crippen molar-refractivity contribution in [1.82, 2.24) is 4.90 Å². The molecule has 0 spiro atoms. The standard InChI is InChI=1S/C8H18N2/c1-2-5-10(7-9)6-8-3-4-8/h8H,2-7,9H2,1H3. The van der Waals surface area contributed by atoms with E-state index in [1.807, 2.05) is 0 Å². The molecule has 2 N–H and O–H groups in total. The summed E-state index contributed by atoms with van der Waals surface area (Å²) in [6, 6.07) is 0. The third kappa shape index (κ3) is 2.67. The molecule has 2 heteroatoms. The molecule has 0 aromatic rings. The average molecular weight is 142 g/mol. The van der Waals surface area contributed by atoms with Crippen molar-refractivity contribution < 1.29 is 0 Å². The molecule has 2 nitrogen and oxygen atoms in total. The van der Waals surface area contributed by atoms with Crippen molar-refractivity contribution in [2.45, 2.75) is 26.2 Å². The Bertz CT molecular complexity index is 89.3. The lowest BCUT2D eigenvalue weighted by Gasteiger charge is -2.18. The topological polar surface area (TPSA) is 29.3 Å². The minimum absolute atomic E-state index is 0.740. The first kappa shape index (κ1) is 8.02. The highest BCUT2D eigenvalue weighted by Crippen LogP contribution is 2.29. The first-order valence-electron chi connectivity index (χ1n) is 4.29. The first-order valence-corrected chi connectivity index (χ1v) is 4.29. The van der Waals surface area contributed by atoms with Gasteiger partial charge in [-0.2, -0.15) is 0 Å². The third-order valence-corrected chi connectivity index (χ3v) is 2.01. The SMILES string of the molecule is CCCN(CN)CC1CC1. The molecule has 1 rings (SSSR count). The molecule has 0 saturated heterocycles. The molecular weight excluding hydrogens is 124 g/mol. The molecule has 0 amide bonds. The van der Waals surface area contributed by atoms with Crippen molar-refractivity contribution in [3.05, 3.63) is 0 Å². The first-order chi connectivity index (χ1) is 4.86. The smallest absolute Gasteiger partial charge is 0.0455 e. The molecule has 1 saturated carbocycles. The Hall–Kier alpha value is -0.0800. The molecule has 10 heavy (non-hydrogen) atoms. The second-order valence-corrected chi connectivity index (χ2v) is 3.20. The van der Waals surface area contributed by atoms with E-state index in [4.69, 9.17) is 5.73 Å².